The number of rotatable bonds is 3. The maximum absolute atomic E-state index is 12.2. The van der Waals surface area contributed by atoms with Crippen molar-refractivity contribution in [2.45, 2.75) is 40.0 Å². The Morgan fingerprint density at radius 1 is 1.40 bits per heavy atom. The summed E-state index contributed by atoms with van der Waals surface area (Å²) in [6, 6.07) is 0. The van der Waals surface area contributed by atoms with Gasteiger partial charge in [0.1, 0.15) is 0 Å². The summed E-state index contributed by atoms with van der Waals surface area (Å²) in [7, 11) is 0. The summed E-state index contributed by atoms with van der Waals surface area (Å²) < 4.78 is 0. The van der Waals surface area contributed by atoms with Gasteiger partial charge in [-0.3, -0.25) is 4.79 Å². The molecule has 1 saturated heterocycles. The molecule has 2 N–H and O–H groups in total. The van der Waals surface area contributed by atoms with Crippen molar-refractivity contribution in [2.24, 2.45) is 17.1 Å². The summed E-state index contributed by atoms with van der Waals surface area (Å²) >= 11 is 0. The minimum atomic E-state index is -0.282. The summed E-state index contributed by atoms with van der Waals surface area (Å²) in [5.74, 6) is 1.05. The van der Waals surface area contributed by atoms with Crippen LogP contribution in [0.3, 0.4) is 0 Å². The van der Waals surface area contributed by atoms with Gasteiger partial charge in [-0.1, -0.05) is 20.8 Å². The van der Waals surface area contributed by atoms with Crippen molar-refractivity contribution in [3.05, 3.63) is 0 Å². The van der Waals surface area contributed by atoms with E-state index < -0.39 is 0 Å². The largest absolute Gasteiger partial charge is 0.342 e. The van der Waals surface area contributed by atoms with E-state index in [1.807, 2.05) is 18.7 Å². The summed E-state index contributed by atoms with van der Waals surface area (Å²) in [5.41, 5.74) is 5.25. The fourth-order valence-corrected chi connectivity index (χ4v) is 2.11. The van der Waals surface area contributed by atoms with Crippen LogP contribution in [0.5, 0.6) is 0 Å². The lowest BCUT2D eigenvalue weighted by molar-refractivity contribution is -0.142. The Morgan fingerprint density at radius 2 is 1.93 bits per heavy atom. The van der Waals surface area contributed by atoms with E-state index in [9.17, 15) is 4.79 Å². The zero-order valence-electron chi connectivity index (χ0n) is 10.3. The van der Waals surface area contributed by atoms with Crippen LogP contribution in [0.2, 0.25) is 0 Å². The molecule has 0 aromatic carbocycles. The smallest absolute Gasteiger partial charge is 0.228 e. The molecular weight excluding hydrogens is 188 g/mol. The van der Waals surface area contributed by atoms with E-state index in [2.05, 4.69) is 6.92 Å². The van der Waals surface area contributed by atoms with Gasteiger partial charge in [0.05, 0.1) is 0 Å². The summed E-state index contributed by atoms with van der Waals surface area (Å²) in [6.45, 7) is 8.69. The van der Waals surface area contributed by atoms with Crippen LogP contribution in [0, 0.1) is 11.3 Å². The number of carbonyl (C=O) groups excluding carboxylic acids is 1. The average molecular weight is 212 g/mol. The van der Waals surface area contributed by atoms with Crippen LogP contribution in [0.25, 0.3) is 0 Å². The van der Waals surface area contributed by atoms with Crippen molar-refractivity contribution in [3.8, 4) is 0 Å². The van der Waals surface area contributed by atoms with E-state index in [-0.39, 0.29) is 11.3 Å². The summed E-state index contributed by atoms with van der Waals surface area (Å²) in [6.07, 6.45) is 3.06. The molecule has 1 amide bonds. The Hall–Kier alpha value is -0.570. The predicted octanol–water partition coefficient (Wildman–Crippen LogP) is 1.62. The van der Waals surface area contributed by atoms with Crippen LogP contribution in [-0.4, -0.2) is 30.4 Å². The van der Waals surface area contributed by atoms with Gasteiger partial charge in [-0.15, -0.1) is 0 Å². The van der Waals surface area contributed by atoms with Crippen LogP contribution >= 0.6 is 0 Å². The molecule has 1 rings (SSSR count). The summed E-state index contributed by atoms with van der Waals surface area (Å²) in [4.78, 5) is 14.2. The molecule has 0 aliphatic carbocycles. The number of hydrogen-bond donors (Lipinski definition) is 1. The van der Waals surface area contributed by atoms with Gasteiger partial charge in [-0.2, -0.15) is 0 Å². The third kappa shape index (κ3) is 3.20. The third-order valence-electron chi connectivity index (χ3n) is 3.42. The van der Waals surface area contributed by atoms with E-state index in [1.165, 1.54) is 0 Å². The van der Waals surface area contributed by atoms with Crippen LogP contribution in [-0.2, 0) is 4.79 Å². The highest BCUT2D eigenvalue weighted by Gasteiger charge is 2.32. The SMILES string of the molecule is CC1CCN(C(=O)C(C)(C)CCN)CC1. The second kappa shape index (κ2) is 4.97. The maximum atomic E-state index is 12.2. The Balaban J connectivity index is 2.53. The Bertz CT molecular complexity index is 218. The lowest BCUT2D eigenvalue weighted by Gasteiger charge is -2.36. The molecule has 0 spiro atoms. The lowest BCUT2D eigenvalue weighted by Crippen LogP contribution is -2.45. The van der Waals surface area contributed by atoms with E-state index >= 15 is 0 Å². The lowest BCUT2D eigenvalue weighted by atomic mass is 9.86. The molecule has 0 saturated carbocycles. The molecule has 15 heavy (non-hydrogen) atoms. The Morgan fingerprint density at radius 3 is 2.40 bits per heavy atom. The van der Waals surface area contributed by atoms with Crippen molar-refractivity contribution in [2.75, 3.05) is 19.6 Å². The van der Waals surface area contributed by atoms with Gasteiger partial charge in [-0.05, 0) is 31.7 Å². The van der Waals surface area contributed by atoms with Gasteiger partial charge < -0.3 is 10.6 Å². The zero-order valence-corrected chi connectivity index (χ0v) is 10.3. The van der Waals surface area contributed by atoms with E-state index in [4.69, 9.17) is 5.73 Å². The molecule has 1 aliphatic rings. The van der Waals surface area contributed by atoms with Crippen LogP contribution < -0.4 is 5.73 Å². The quantitative estimate of drug-likeness (QED) is 0.772. The first-order chi connectivity index (χ1) is 6.97. The molecule has 0 atom stereocenters. The molecule has 1 aliphatic heterocycles. The minimum Gasteiger partial charge on any atom is -0.342 e. The van der Waals surface area contributed by atoms with E-state index in [0.717, 1.165) is 38.3 Å². The first-order valence-corrected chi connectivity index (χ1v) is 5.97. The molecule has 3 heteroatoms. The number of amides is 1. The fourth-order valence-electron chi connectivity index (χ4n) is 2.11. The number of nitrogens with zero attached hydrogens (tertiary/aromatic N) is 1. The first kappa shape index (κ1) is 12.5. The van der Waals surface area contributed by atoms with Crippen LogP contribution in [0.15, 0.2) is 0 Å². The van der Waals surface area contributed by atoms with Gasteiger partial charge in [0.25, 0.3) is 0 Å². The highest BCUT2D eigenvalue weighted by Crippen LogP contribution is 2.26. The molecule has 0 aromatic rings. The fraction of sp³-hybridized carbons (Fsp3) is 0.917. The molecule has 1 fully saturated rings. The van der Waals surface area contributed by atoms with Crippen molar-refractivity contribution in [3.63, 3.8) is 0 Å². The molecule has 0 bridgehead atoms. The molecule has 0 radical (unpaired) electrons. The second-order valence-electron chi connectivity index (χ2n) is 5.40. The Kier molecular flexibility index (Phi) is 4.14. The molecule has 1 heterocycles. The van der Waals surface area contributed by atoms with Gasteiger partial charge in [0, 0.05) is 18.5 Å². The number of likely N-dealkylation sites (tertiary alicyclic amines) is 1. The van der Waals surface area contributed by atoms with E-state index in [1.54, 1.807) is 0 Å². The molecule has 88 valence electrons. The summed E-state index contributed by atoms with van der Waals surface area (Å²) in [5, 5.41) is 0. The molecular formula is C12H24N2O. The minimum absolute atomic E-state index is 0.278. The maximum Gasteiger partial charge on any atom is 0.228 e. The van der Waals surface area contributed by atoms with Gasteiger partial charge >= 0.3 is 0 Å². The number of hydrogen-bond acceptors (Lipinski definition) is 2. The second-order valence-corrected chi connectivity index (χ2v) is 5.40. The monoisotopic (exact) mass is 212 g/mol. The average Bonchev–Trinajstić information content (AvgIpc) is 2.18. The number of nitrogens with two attached hydrogens (primary N) is 1. The topological polar surface area (TPSA) is 46.3 Å². The standard InChI is InChI=1S/C12H24N2O/c1-10-4-8-14(9-5-10)11(15)12(2,3)6-7-13/h10H,4-9,13H2,1-3H3. The first-order valence-electron chi connectivity index (χ1n) is 5.97. The zero-order chi connectivity index (χ0) is 11.5. The molecule has 3 nitrogen and oxygen atoms in total. The van der Waals surface area contributed by atoms with Crippen molar-refractivity contribution < 1.29 is 4.79 Å². The highest BCUT2D eigenvalue weighted by molar-refractivity contribution is 5.82. The Labute approximate surface area is 93.0 Å². The van der Waals surface area contributed by atoms with Gasteiger partial charge in [0.2, 0.25) is 5.91 Å². The van der Waals surface area contributed by atoms with Crippen LogP contribution in [0.1, 0.15) is 40.0 Å². The van der Waals surface area contributed by atoms with Gasteiger partial charge in [0.15, 0.2) is 0 Å². The highest BCUT2D eigenvalue weighted by atomic mass is 16.2. The third-order valence-corrected chi connectivity index (χ3v) is 3.42. The van der Waals surface area contributed by atoms with Crippen molar-refractivity contribution in [1.82, 2.24) is 4.90 Å². The molecule has 0 unspecified atom stereocenters. The molecule has 0 aromatic heterocycles. The normalized spacial score (nSPS) is 19.3. The van der Waals surface area contributed by atoms with Gasteiger partial charge in [-0.25, -0.2) is 0 Å². The van der Waals surface area contributed by atoms with Crippen LogP contribution in [0.4, 0.5) is 0 Å². The van der Waals surface area contributed by atoms with Crippen molar-refractivity contribution in [1.29, 1.82) is 0 Å². The number of piperidine rings is 1. The predicted molar refractivity (Wildman–Crippen MR) is 62.4 cm³/mol. The van der Waals surface area contributed by atoms with E-state index in [0.29, 0.717) is 6.54 Å². The number of carbonyl (C=O) groups is 1. The van der Waals surface area contributed by atoms with Crippen molar-refractivity contribution >= 4 is 5.91 Å².